The van der Waals surface area contributed by atoms with Crippen LogP contribution in [0.1, 0.15) is 12.5 Å². The van der Waals surface area contributed by atoms with Gasteiger partial charge in [0.1, 0.15) is 12.4 Å². The molecule has 80 valence electrons. The molecule has 0 fully saturated rings. The van der Waals surface area contributed by atoms with E-state index in [-0.39, 0.29) is 0 Å². The Bertz CT molecular complexity index is 364. The van der Waals surface area contributed by atoms with Crippen LogP contribution in [0.2, 0.25) is 0 Å². The molecule has 1 aliphatic heterocycles. The SMILES string of the molecule is C/C=C/C1COc2ccccc2CN1P. The third-order valence-corrected chi connectivity index (χ3v) is 3.14. The summed E-state index contributed by atoms with van der Waals surface area (Å²) in [5.74, 6) is 1.01. The zero-order valence-electron chi connectivity index (χ0n) is 8.89. The molecule has 3 heteroatoms. The molecule has 2 atom stereocenters. The molecule has 0 radical (unpaired) electrons. The lowest BCUT2D eigenvalue weighted by atomic mass is 10.2. The van der Waals surface area contributed by atoms with Gasteiger partial charge in [-0.3, -0.25) is 4.67 Å². The van der Waals surface area contributed by atoms with Crippen LogP contribution in [0, 0.1) is 0 Å². The molecule has 2 unspecified atom stereocenters. The first-order chi connectivity index (χ1) is 7.31. The second-order valence-electron chi connectivity index (χ2n) is 3.68. The average Bonchev–Trinajstić information content (AvgIpc) is 2.40. The van der Waals surface area contributed by atoms with Crippen molar-refractivity contribution in [2.75, 3.05) is 6.61 Å². The Hall–Kier alpha value is -0.850. The molecule has 0 aromatic heterocycles. The first-order valence-corrected chi connectivity index (χ1v) is 5.67. The van der Waals surface area contributed by atoms with Crippen molar-refractivity contribution in [2.24, 2.45) is 0 Å². The second kappa shape index (κ2) is 4.78. The van der Waals surface area contributed by atoms with Gasteiger partial charge in [-0.1, -0.05) is 39.7 Å². The standard InChI is InChI=1S/C12H16NOP/c1-2-5-11-9-14-12-7-4-3-6-10(12)8-13(11)15/h2-7,11H,8-9,15H2,1H3/b5-2+. The van der Waals surface area contributed by atoms with E-state index in [2.05, 4.69) is 38.3 Å². The largest absolute Gasteiger partial charge is 0.491 e. The summed E-state index contributed by atoms with van der Waals surface area (Å²) < 4.78 is 8.01. The van der Waals surface area contributed by atoms with E-state index in [0.717, 1.165) is 12.3 Å². The summed E-state index contributed by atoms with van der Waals surface area (Å²) in [4.78, 5) is 0. The number of rotatable bonds is 1. The van der Waals surface area contributed by atoms with Crippen molar-refractivity contribution in [3.63, 3.8) is 0 Å². The zero-order valence-corrected chi connectivity index (χ0v) is 10.0. The van der Waals surface area contributed by atoms with Gasteiger partial charge in [-0.15, -0.1) is 0 Å². The maximum atomic E-state index is 5.78. The first-order valence-electron chi connectivity index (χ1n) is 5.16. The molecule has 15 heavy (non-hydrogen) atoms. The molecule has 1 heterocycles. The van der Waals surface area contributed by atoms with Crippen molar-refractivity contribution >= 4 is 9.39 Å². The van der Waals surface area contributed by atoms with Gasteiger partial charge >= 0.3 is 0 Å². The van der Waals surface area contributed by atoms with E-state index in [1.807, 2.05) is 19.1 Å². The van der Waals surface area contributed by atoms with Gasteiger partial charge in [0.05, 0.1) is 6.04 Å². The number of ether oxygens (including phenoxy) is 1. The van der Waals surface area contributed by atoms with E-state index in [1.54, 1.807) is 0 Å². The monoisotopic (exact) mass is 221 g/mol. The Morgan fingerprint density at radius 3 is 3.07 bits per heavy atom. The molecule has 1 aromatic rings. The molecule has 0 saturated heterocycles. The molecule has 2 nitrogen and oxygen atoms in total. The number of benzene rings is 1. The van der Waals surface area contributed by atoms with Gasteiger partial charge in [0.2, 0.25) is 0 Å². The topological polar surface area (TPSA) is 12.5 Å². The van der Waals surface area contributed by atoms with E-state index in [4.69, 9.17) is 4.74 Å². The van der Waals surface area contributed by atoms with E-state index in [9.17, 15) is 0 Å². The van der Waals surface area contributed by atoms with E-state index in [0.29, 0.717) is 12.6 Å². The predicted octanol–water partition coefficient (Wildman–Crippen LogP) is 2.62. The van der Waals surface area contributed by atoms with Crippen LogP contribution >= 0.6 is 9.39 Å². The van der Waals surface area contributed by atoms with Crippen molar-refractivity contribution in [1.82, 2.24) is 4.67 Å². The highest BCUT2D eigenvalue weighted by molar-refractivity contribution is 7.13. The van der Waals surface area contributed by atoms with Crippen molar-refractivity contribution in [3.8, 4) is 5.75 Å². The maximum absolute atomic E-state index is 5.78. The van der Waals surface area contributed by atoms with E-state index in [1.165, 1.54) is 5.56 Å². The number of para-hydroxylation sites is 1. The summed E-state index contributed by atoms with van der Waals surface area (Å²) in [6.45, 7) is 3.66. The summed E-state index contributed by atoms with van der Waals surface area (Å²) in [5.41, 5.74) is 1.25. The number of hydrogen-bond acceptors (Lipinski definition) is 2. The molecule has 1 aliphatic rings. The van der Waals surface area contributed by atoms with Gasteiger partial charge in [0, 0.05) is 12.1 Å². The maximum Gasteiger partial charge on any atom is 0.123 e. The van der Waals surface area contributed by atoms with Crippen LogP contribution in [0.5, 0.6) is 5.75 Å². The van der Waals surface area contributed by atoms with Crippen molar-refractivity contribution < 1.29 is 4.74 Å². The highest BCUT2D eigenvalue weighted by atomic mass is 31.0. The lowest BCUT2D eigenvalue weighted by molar-refractivity contribution is 0.261. The second-order valence-corrected chi connectivity index (χ2v) is 4.35. The van der Waals surface area contributed by atoms with Gasteiger partial charge in [-0.05, 0) is 13.0 Å². The van der Waals surface area contributed by atoms with Crippen LogP contribution in [0.15, 0.2) is 36.4 Å². The van der Waals surface area contributed by atoms with Crippen LogP contribution in [-0.2, 0) is 6.54 Å². The fourth-order valence-corrected chi connectivity index (χ4v) is 2.13. The summed E-state index contributed by atoms with van der Waals surface area (Å²) in [6, 6.07) is 8.56. The van der Waals surface area contributed by atoms with Gasteiger partial charge in [-0.25, -0.2) is 0 Å². The minimum absolute atomic E-state index is 0.340. The predicted molar refractivity (Wildman–Crippen MR) is 65.8 cm³/mol. The van der Waals surface area contributed by atoms with Gasteiger partial charge in [0.25, 0.3) is 0 Å². The average molecular weight is 221 g/mol. The minimum Gasteiger partial charge on any atom is -0.491 e. The Morgan fingerprint density at radius 2 is 2.27 bits per heavy atom. The molecule has 0 N–H and O–H groups in total. The number of allylic oxidation sites excluding steroid dienone is 1. The molecule has 1 aromatic carbocycles. The molecule has 0 bridgehead atoms. The molecule has 0 spiro atoms. The molecule has 0 amide bonds. The fraction of sp³-hybridized carbons (Fsp3) is 0.333. The Labute approximate surface area is 93.2 Å². The highest BCUT2D eigenvalue weighted by Gasteiger charge is 2.19. The quantitative estimate of drug-likeness (QED) is 0.534. The molecule has 0 aliphatic carbocycles. The van der Waals surface area contributed by atoms with Crippen LogP contribution in [0.25, 0.3) is 0 Å². The van der Waals surface area contributed by atoms with Gasteiger partial charge in [0.15, 0.2) is 0 Å². The van der Waals surface area contributed by atoms with Crippen molar-refractivity contribution in [2.45, 2.75) is 19.5 Å². The Morgan fingerprint density at radius 1 is 1.47 bits per heavy atom. The van der Waals surface area contributed by atoms with E-state index >= 15 is 0 Å². The highest BCUT2D eigenvalue weighted by Crippen LogP contribution is 2.26. The fourth-order valence-electron chi connectivity index (χ4n) is 1.75. The summed E-state index contributed by atoms with van der Waals surface area (Å²) in [7, 11) is 2.78. The normalized spacial score (nSPS) is 22.1. The van der Waals surface area contributed by atoms with Crippen LogP contribution in [-0.4, -0.2) is 17.3 Å². The molecular weight excluding hydrogens is 205 g/mol. The Balaban J connectivity index is 2.22. The Kier molecular flexibility index (Phi) is 3.40. The number of fused-ring (bicyclic) bond motifs is 1. The van der Waals surface area contributed by atoms with E-state index < -0.39 is 0 Å². The zero-order chi connectivity index (χ0) is 10.7. The van der Waals surface area contributed by atoms with Gasteiger partial charge < -0.3 is 4.74 Å². The third-order valence-electron chi connectivity index (χ3n) is 2.58. The van der Waals surface area contributed by atoms with Crippen LogP contribution < -0.4 is 4.74 Å². The molecule has 0 saturated carbocycles. The summed E-state index contributed by atoms with van der Waals surface area (Å²) >= 11 is 0. The first kappa shape index (κ1) is 10.7. The minimum atomic E-state index is 0.340. The summed E-state index contributed by atoms with van der Waals surface area (Å²) in [5, 5.41) is 0. The van der Waals surface area contributed by atoms with Gasteiger partial charge in [-0.2, -0.15) is 0 Å². The van der Waals surface area contributed by atoms with Crippen LogP contribution in [0.3, 0.4) is 0 Å². The smallest absolute Gasteiger partial charge is 0.123 e. The van der Waals surface area contributed by atoms with Crippen LogP contribution in [0.4, 0.5) is 0 Å². The lowest BCUT2D eigenvalue weighted by Gasteiger charge is -2.20. The summed E-state index contributed by atoms with van der Waals surface area (Å²) in [6.07, 6.45) is 4.24. The molecule has 2 rings (SSSR count). The van der Waals surface area contributed by atoms with Crippen molar-refractivity contribution in [1.29, 1.82) is 0 Å². The van der Waals surface area contributed by atoms with Crippen molar-refractivity contribution in [3.05, 3.63) is 42.0 Å². The lowest BCUT2D eigenvalue weighted by Crippen LogP contribution is -2.27. The number of hydrogen-bond donors (Lipinski definition) is 0. The number of nitrogens with zero attached hydrogens (tertiary/aromatic N) is 1. The molecular formula is C12H16NOP. The third kappa shape index (κ3) is 2.39.